The van der Waals surface area contributed by atoms with Crippen LogP contribution in [-0.2, 0) is 4.79 Å². The first-order chi connectivity index (χ1) is 8.70. The van der Waals surface area contributed by atoms with Crippen LogP contribution in [0, 0.1) is 0 Å². The molecule has 2 aromatic rings. The lowest BCUT2D eigenvalue weighted by Gasteiger charge is -2.07. The van der Waals surface area contributed by atoms with E-state index in [1.165, 1.54) is 11.8 Å². The minimum atomic E-state index is -0.252. The monoisotopic (exact) mass is 262 g/mol. The largest absolute Gasteiger partial charge is 0.431 e. The highest BCUT2D eigenvalue weighted by molar-refractivity contribution is 8.00. The van der Waals surface area contributed by atoms with Crippen LogP contribution in [0.3, 0.4) is 0 Å². The van der Waals surface area contributed by atoms with Crippen molar-refractivity contribution in [2.75, 3.05) is 6.54 Å². The molecule has 0 bridgehead atoms. The highest BCUT2D eigenvalue weighted by Crippen LogP contribution is 2.26. The van der Waals surface area contributed by atoms with Crippen LogP contribution in [0.25, 0.3) is 11.1 Å². The first kappa shape index (κ1) is 12.7. The number of para-hydroxylation sites is 2. The average molecular weight is 262 g/mol. The Bertz CT molecular complexity index is 532. The van der Waals surface area contributed by atoms with Gasteiger partial charge in [-0.25, -0.2) is 4.98 Å². The third-order valence-electron chi connectivity index (χ3n) is 2.34. The summed E-state index contributed by atoms with van der Waals surface area (Å²) in [6.45, 7) is 5.84. The third kappa shape index (κ3) is 2.92. The maximum Gasteiger partial charge on any atom is 0.257 e. The Hall–Kier alpha value is -1.75. The maximum atomic E-state index is 11.7. The number of carbonyl (C=O) groups excluding carboxylic acids is 1. The number of nitrogens with one attached hydrogen (secondary N) is 1. The summed E-state index contributed by atoms with van der Waals surface area (Å²) < 4.78 is 5.55. The molecular formula is C13H14N2O2S. The number of aromatic nitrogens is 1. The number of rotatable bonds is 5. The van der Waals surface area contributed by atoms with E-state index in [-0.39, 0.29) is 11.2 Å². The molecule has 94 valence electrons. The highest BCUT2D eigenvalue weighted by atomic mass is 32.2. The number of hydrogen-bond donors (Lipinski definition) is 1. The number of nitrogens with zero attached hydrogens (tertiary/aromatic N) is 1. The van der Waals surface area contributed by atoms with Crippen molar-refractivity contribution in [2.24, 2.45) is 0 Å². The second-order valence-corrected chi connectivity index (χ2v) is 5.03. The predicted molar refractivity (Wildman–Crippen MR) is 72.5 cm³/mol. The summed E-state index contributed by atoms with van der Waals surface area (Å²) in [5.74, 6) is -0.0536. The molecule has 1 amide bonds. The van der Waals surface area contributed by atoms with Crippen LogP contribution in [-0.4, -0.2) is 22.7 Å². The normalized spacial score (nSPS) is 12.3. The molecule has 0 radical (unpaired) electrons. The Balaban J connectivity index is 2.04. The fourth-order valence-electron chi connectivity index (χ4n) is 1.42. The SMILES string of the molecule is C=CCNC(=O)C(C)Sc1nc2ccccc2o1. The zero-order chi connectivity index (χ0) is 13.0. The summed E-state index contributed by atoms with van der Waals surface area (Å²) in [7, 11) is 0. The van der Waals surface area contributed by atoms with Gasteiger partial charge in [0.2, 0.25) is 5.91 Å². The topological polar surface area (TPSA) is 55.1 Å². The summed E-state index contributed by atoms with van der Waals surface area (Å²) in [5.41, 5.74) is 1.54. The van der Waals surface area contributed by atoms with E-state index in [4.69, 9.17) is 4.42 Å². The van der Waals surface area contributed by atoms with Crippen LogP contribution < -0.4 is 5.32 Å². The van der Waals surface area contributed by atoms with Gasteiger partial charge in [0, 0.05) is 6.54 Å². The van der Waals surface area contributed by atoms with Crippen LogP contribution in [0.4, 0.5) is 0 Å². The Labute approximate surface area is 109 Å². The third-order valence-corrected chi connectivity index (χ3v) is 3.29. The van der Waals surface area contributed by atoms with E-state index >= 15 is 0 Å². The number of fused-ring (bicyclic) bond motifs is 1. The molecule has 4 nitrogen and oxygen atoms in total. The Morgan fingerprint density at radius 1 is 1.61 bits per heavy atom. The van der Waals surface area contributed by atoms with Gasteiger partial charge in [0.1, 0.15) is 5.52 Å². The molecule has 5 heteroatoms. The van der Waals surface area contributed by atoms with Crippen LogP contribution in [0.15, 0.2) is 46.6 Å². The molecule has 1 aromatic heterocycles. The molecule has 1 aromatic carbocycles. The molecule has 0 spiro atoms. The van der Waals surface area contributed by atoms with Gasteiger partial charge in [0.25, 0.3) is 5.22 Å². The highest BCUT2D eigenvalue weighted by Gasteiger charge is 2.17. The van der Waals surface area contributed by atoms with Gasteiger partial charge in [-0.3, -0.25) is 4.79 Å². The van der Waals surface area contributed by atoms with Gasteiger partial charge in [-0.05, 0) is 19.1 Å². The summed E-state index contributed by atoms with van der Waals surface area (Å²) in [6.07, 6.45) is 1.65. The fraction of sp³-hybridized carbons (Fsp3) is 0.231. The zero-order valence-corrected chi connectivity index (χ0v) is 10.9. The van der Waals surface area contributed by atoms with E-state index in [1.54, 1.807) is 6.08 Å². The van der Waals surface area contributed by atoms with E-state index in [9.17, 15) is 4.79 Å². The van der Waals surface area contributed by atoms with Gasteiger partial charge < -0.3 is 9.73 Å². The van der Waals surface area contributed by atoms with E-state index in [1.807, 2.05) is 31.2 Å². The summed E-state index contributed by atoms with van der Waals surface area (Å²) in [4.78, 5) is 16.0. The van der Waals surface area contributed by atoms with Crippen LogP contribution >= 0.6 is 11.8 Å². The molecular weight excluding hydrogens is 248 g/mol. The second kappa shape index (κ2) is 5.73. The van der Waals surface area contributed by atoms with Gasteiger partial charge in [-0.15, -0.1) is 6.58 Å². The smallest absolute Gasteiger partial charge is 0.257 e. The molecule has 1 unspecified atom stereocenters. The van der Waals surface area contributed by atoms with Crippen molar-refractivity contribution in [3.05, 3.63) is 36.9 Å². The lowest BCUT2D eigenvalue weighted by Crippen LogP contribution is -2.30. The lowest BCUT2D eigenvalue weighted by molar-refractivity contribution is -0.120. The summed E-state index contributed by atoms with van der Waals surface area (Å²) >= 11 is 1.30. The number of benzene rings is 1. The molecule has 2 rings (SSSR count). The van der Waals surface area contributed by atoms with Crippen LogP contribution in [0.1, 0.15) is 6.92 Å². The molecule has 0 fully saturated rings. The van der Waals surface area contributed by atoms with Crippen molar-refractivity contribution >= 4 is 28.8 Å². The molecule has 0 aliphatic heterocycles. The minimum absolute atomic E-state index is 0.0536. The molecule has 0 aliphatic rings. The Morgan fingerprint density at radius 2 is 2.39 bits per heavy atom. The minimum Gasteiger partial charge on any atom is -0.431 e. The summed E-state index contributed by atoms with van der Waals surface area (Å²) in [5, 5.41) is 3.00. The van der Waals surface area contributed by atoms with Crippen molar-refractivity contribution in [2.45, 2.75) is 17.4 Å². The molecule has 0 aliphatic carbocycles. The number of oxazole rings is 1. The molecule has 0 saturated carbocycles. The van der Waals surface area contributed by atoms with Crippen LogP contribution in [0.5, 0.6) is 0 Å². The molecule has 0 saturated heterocycles. The predicted octanol–water partition coefficient (Wildman–Crippen LogP) is 2.61. The molecule has 1 heterocycles. The van der Waals surface area contributed by atoms with Gasteiger partial charge in [-0.1, -0.05) is 30.0 Å². The van der Waals surface area contributed by atoms with Gasteiger partial charge in [0.15, 0.2) is 5.58 Å². The maximum absolute atomic E-state index is 11.7. The van der Waals surface area contributed by atoms with Crippen LogP contribution in [0.2, 0.25) is 0 Å². The molecule has 1 atom stereocenters. The van der Waals surface area contributed by atoms with Gasteiger partial charge in [-0.2, -0.15) is 0 Å². The number of hydrogen-bond acceptors (Lipinski definition) is 4. The van der Waals surface area contributed by atoms with Crippen molar-refractivity contribution in [1.29, 1.82) is 0 Å². The number of thioether (sulfide) groups is 1. The van der Waals surface area contributed by atoms with Gasteiger partial charge >= 0.3 is 0 Å². The molecule has 18 heavy (non-hydrogen) atoms. The van der Waals surface area contributed by atoms with Crippen molar-refractivity contribution in [1.82, 2.24) is 10.3 Å². The second-order valence-electron chi connectivity index (χ2n) is 3.74. The van der Waals surface area contributed by atoms with E-state index in [2.05, 4.69) is 16.9 Å². The fourth-order valence-corrected chi connectivity index (χ4v) is 2.20. The summed E-state index contributed by atoms with van der Waals surface area (Å²) in [6, 6.07) is 7.53. The average Bonchev–Trinajstić information content (AvgIpc) is 2.77. The van der Waals surface area contributed by atoms with Gasteiger partial charge in [0.05, 0.1) is 5.25 Å². The Morgan fingerprint density at radius 3 is 3.11 bits per heavy atom. The number of amides is 1. The number of carbonyl (C=O) groups is 1. The van der Waals surface area contributed by atoms with Crippen molar-refractivity contribution in [3.8, 4) is 0 Å². The van der Waals surface area contributed by atoms with E-state index in [0.717, 1.165) is 11.1 Å². The zero-order valence-electron chi connectivity index (χ0n) is 10.1. The first-order valence-electron chi connectivity index (χ1n) is 5.61. The quantitative estimate of drug-likeness (QED) is 0.664. The molecule has 1 N–H and O–H groups in total. The van der Waals surface area contributed by atoms with E-state index in [0.29, 0.717) is 11.8 Å². The Kier molecular flexibility index (Phi) is 4.04. The standard InChI is InChI=1S/C13H14N2O2S/c1-3-8-14-12(16)9(2)18-13-15-10-6-4-5-7-11(10)17-13/h3-7,9H,1,8H2,2H3,(H,14,16). The van der Waals surface area contributed by atoms with Crippen molar-refractivity contribution < 1.29 is 9.21 Å². The lowest BCUT2D eigenvalue weighted by atomic mass is 10.3. The van der Waals surface area contributed by atoms with E-state index < -0.39 is 0 Å². The first-order valence-corrected chi connectivity index (χ1v) is 6.49. The van der Waals surface area contributed by atoms with Crippen molar-refractivity contribution in [3.63, 3.8) is 0 Å².